The van der Waals surface area contributed by atoms with E-state index in [1.54, 1.807) is 0 Å². The van der Waals surface area contributed by atoms with E-state index in [-0.39, 0.29) is 39.8 Å². The van der Waals surface area contributed by atoms with Crippen LogP contribution in [0.1, 0.15) is 86.0 Å². The topological polar surface area (TPSA) is 78.2 Å². The third-order valence-corrected chi connectivity index (χ3v) is 11.9. The quantitative estimate of drug-likeness (QED) is 0.474. The molecule has 0 radical (unpaired) electrons. The predicted octanol–water partition coefficient (Wildman–Crippen LogP) is 6.33. The van der Waals surface area contributed by atoms with Gasteiger partial charge < -0.3 is 5.11 Å². The minimum absolute atomic E-state index is 0.0155. The fourth-order valence-electron chi connectivity index (χ4n) is 9.96. The van der Waals surface area contributed by atoms with E-state index in [1.807, 2.05) is 13.0 Å². The highest BCUT2D eigenvalue weighted by molar-refractivity contribution is 6.01. The Labute approximate surface area is 198 Å². The van der Waals surface area contributed by atoms with Crippen LogP contribution in [0.25, 0.3) is 0 Å². The fourth-order valence-corrected chi connectivity index (χ4v) is 9.96. The summed E-state index contributed by atoms with van der Waals surface area (Å²) < 4.78 is 0. The van der Waals surface area contributed by atoms with Gasteiger partial charge in [0.1, 0.15) is 6.07 Å². The molecule has 5 rings (SSSR count). The van der Waals surface area contributed by atoms with Gasteiger partial charge in [0.15, 0.2) is 5.78 Å². The summed E-state index contributed by atoms with van der Waals surface area (Å²) in [6.07, 6.45) is 12.1. The lowest BCUT2D eigenvalue weighted by Gasteiger charge is -2.69. The molecule has 9 atom stereocenters. The second-order valence-corrected chi connectivity index (χ2v) is 12.8. The van der Waals surface area contributed by atoms with Gasteiger partial charge in [0, 0.05) is 5.92 Å². The van der Waals surface area contributed by atoms with E-state index >= 15 is 0 Å². The molecule has 0 spiro atoms. The first-order chi connectivity index (χ1) is 15.5. The monoisotopic (exact) mass is 449 g/mol. The average Bonchev–Trinajstić information content (AvgIpc) is 2.76. The number of ketones is 1. The van der Waals surface area contributed by atoms with Gasteiger partial charge >= 0.3 is 5.97 Å². The number of nitriles is 1. The molecule has 3 saturated carbocycles. The van der Waals surface area contributed by atoms with Gasteiger partial charge in [-0.25, -0.2) is 0 Å². The van der Waals surface area contributed by atoms with Crippen LogP contribution in [0.4, 0.5) is 0 Å². The third kappa shape index (κ3) is 2.63. The van der Waals surface area contributed by atoms with Crippen LogP contribution >= 0.6 is 0 Å². The highest BCUT2D eigenvalue weighted by Gasteiger charge is 2.68. The van der Waals surface area contributed by atoms with Crippen molar-refractivity contribution in [1.82, 2.24) is 0 Å². The molecule has 0 amide bonds. The molecule has 0 bridgehead atoms. The van der Waals surface area contributed by atoms with Crippen LogP contribution in [0.3, 0.4) is 0 Å². The van der Waals surface area contributed by atoms with Crippen molar-refractivity contribution in [3.05, 3.63) is 23.3 Å². The largest absolute Gasteiger partial charge is 0.481 e. The molecule has 4 heteroatoms. The second-order valence-electron chi connectivity index (χ2n) is 12.8. The van der Waals surface area contributed by atoms with Crippen molar-refractivity contribution < 1.29 is 14.7 Å². The number of Topliss-reactive ketones (excluding diaryl/α,β-unsaturated/α-hetero) is 1. The first-order valence-corrected chi connectivity index (χ1v) is 13.1. The Morgan fingerprint density at radius 3 is 2.52 bits per heavy atom. The van der Waals surface area contributed by atoms with Gasteiger partial charge in [-0.3, -0.25) is 9.59 Å². The Morgan fingerprint density at radius 1 is 1.12 bits per heavy atom. The van der Waals surface area contributed by atoms with Crippen LogP contribution in [0.15, 0.2) is 23.3 Å². The first kappa shape index (κ1) is 22.9. The summed E-state index contributed by atoms with van der Waals surface area (Å²) in [7, 11) is 0. The van der Waals surface area contributed by atoms with Crippen molar-refractivity contribution in [3.8, 4) is 6.07 Å². The minimum atomic E-state index is -0.604. The molecule has 178 valence electrons. The van der Waals surface area contributed by atoms with Crippen molar-refractivity contribution >= 4 is 11.8 Å². The van der Waals surface area contributed by atoms with E-state index in [0.29, 0.717) is 17.4 Å². The van der Waals surface area contributed by atoms with Crippen molar-refractivity contribution in [3.63, 3.8) is 0 Å². The lowest BCUT2D eigenvalue weighted by molar-refractivity contribution is -0.171. The highest BCUT2D eigenvalue weighted by atomic mass is 16.4. The number of aliphatic carboxylic acids is 1. The summed E-state index contributed by atoms with van der Waals surface area (Å²) in [4.78, 5) is 25.5. The van der Waals surface area contributed by atoms with E-state index in [0.717, 1.165) is 51.4 Å². The summed E-state index contributed by atoms with van der Waals surface area (Å²) in [6, 6.07) is 2.21. The molecular formula is C29H39NO3. The maximum atomic E-state index is 12.8. The SMILES string of the molecule is CC1CCCC2(C(=O)O)CC[C@]3(C)C(=CCC4C5(C)C=C(C#N)C(=O)C(C)C5CCC43C)C12. The van der Waals surface area contributed by atoms with Gasteiger partial charge in [0.25, 0.3) is 0 Å². The number of carboxylic acid groups (broad SMARTS) is 1. The zero-order chi connectivity index (χ0) is 24.0. The molecule has 0 saturated heterocycles. The number of carboxylic acids is 1. The van der Waals surface area contributed by atoms with Gasteiger partial charge in [0.05, 0.1) is 11.0 Å². The molecule has 33 heavy (non-hydrogen) atoms. The Bertz CT molecular complexity index is 1020. The molecule has 1 N–H and O–H groups in total. The highest BCUT2D eigenvalue weighted by Crippen LogP contribution is 2.74. The van der Waals surface area contributed by atoms with Crippen molar-refractivity contribution in [2.45, 2.75) is 86.0 Å². The van der Waals surface area contributed by atoms with Crippen molar-refractivity contribution in [1.29, 1.82) is 5.26 Å². The molecular weight excluding hydrogens is 410 g/mol. The zero-order valence-corrected chi connectivity index (χ0v) is 20.9. The number of carbonyl (C=O) groups is 2. The lowest BCUT2D eigenvalue weighted by atomic mass is 9.35. The number of hydrogen-bond donors (Lipinski definition) is 1. The summed E-state index contributed by atoms with van der Waals surface area (Å²) >= 11 is 0. The minimum Gasteiger partial charge on any atom is -0.481 e. The summed E-state index contributed by atoms with van der Waals surface area (Å²) in [6.45, 7) is 11.5. The Kier molecular flexibility index (Phi) is 4.90. The molecule has 4 nitrogen and oxygen atoms in total. The number of nitrogens with zero attached hydrogens (tertiary/aromatic N) is 1. The number of hydrogen-bond acceptors (Lipinski definition) is 3. The number of rotatable bonds is 1. The Balaban J connectivity index is 1.65. The smallest absolute Gasteiger partial charge is 0.310 e. The van der Waals surface area contributed by atoms with Gasteiger partial charge in [-0.2, -0.15) is 5.26 Å². The predicted molar refractivity (Wildman–Crippen MR) is 127 cm³/mol. The van der Waals surface area contributed by atoms with Crippen molar-refractivity contribution in [2.24, 2.45) is 51.2 Å². The summed E-state index contributed by atoms with van der Waals surface area (Å²) in [5.41, 5.74) is 0.975. The van der Waals surface area contributed by atoms with Gasteiger partial charge in [-0.05, 0) is 78.4 Å². The van der Waals surface area contributed by atoms with Crippen LogP contribution in [0.5, 0.6) is 0 Å². The molecule has 8 unspecified atom stereocenters. The molecule has 0 aliphatic heterocycles. The molecule has 5 aliphatic rings. The second kappa shape index (κ2) is 7.06. The first-order valence-electron chi connectivity index (χ1n) is 13.1. The van der Waals surface area contributed by atoms with Crippen LogP contribution in [-0.4, -0.2) is 16.9 Å². The molecule has 0 aromatic rings. The average molecular weight is 450 g/mol. The maximum absolute atomic E-state index is 12.8. The number of allylic oxidation sites excluding steroid dienone is 4. The van der Waals surface area contributed by atoms with E-state index in [1.165, 1.54) is 5.57 Å². The fraction of sp³-hybridized carbons (Fsp3) is 0.759. The Morgan fingerprint density at radius 2 is 1.85 bits per heavy atom. The van der Waals surface area contributed by atoms with Crippen LogP contribution in [0, 0.1) is 62.6 Å². The van der Waals surface area contributed by atoms with Crippen LogP contribution < -0.4 is 0 Å². The van der Waals surface area contributed by atoms with Gasteiger partial charge in [-0.1, -0.05) is 65.2 Å². The normalized spacial score (nSPS) is 51.0. The maximum Gasteiger partial charge on any atom is 0.310 e. The van der Waals surface area contributed by atoms with Gasteiger partial charge in [0.2, 0.25) is 0 Å². The summed E-state index contributed by atoms with van der Waals surface area (Å²) in [5.74, 6) is 0.462. The van der Waals surface area contributed by atoms with E-state index in [2.05, 4.69) is 39.8 Å². The molecule has 5 aliphatic carbocycles. The van der Waals surface area contributed by atoms with Gasteiger partial charge in [-0.15, -0.1) is 0 Å². The van der Waals surface area contributed by atoms with Crippen molar-refractivity contribution in [2.75, 3.05) is 0 Å². The van der Waals surface area contributed by atoms with Crippen LogP contribution in [-0.2, 0) is 9.59 Å². The lowest BCUT2D eigenvalue weighted by Crippen LogP contribution is -2.63. The Hall–Kier alpha value is -1.89. The molecule has 0 heterocycles. The molecule has 0 aromatic carbocycles. The third-order valence-electron chi connectivity index (χ3n) is 11.9. The number of carbonyl (C=O) groups excluding carboxylic acids is 1. The molecule has 0 aromatic heterocycles. The molecule has 3 fully saturated rings. The zero-order valence-electron chi connectivity index (χ0n) is 20.9. The van der Waals surface area contributed by atoms with E-state index < -0.39 is 11.4 Å². The standard InChI is InChI=1S/C29H39NO3/c1-17-7-6-11-29(25(32)33)14-13-27(4)21(23(17)29)8-9-22-26(3)15-19(16-30)24(31)18(2)20(26)10-12-28(22,27)5/h8,15,17-18,20,22-23H,6-7,9-14H2,1-5H3,(H,32,33)/t17?,18?,20?,22?,23?,26?,27-,28?,29?/m1/s1. The van der Waals surface area contributed by atoms with Crippen LogP contribution in [0.2, 0.25) is 0 Å². The van der Waals surface area contributed by atoms with E-state index in [4.69, 9.17) is 0 Å². The van der Waals surface area contributed by atoms with E-state index in [9.17, 15) is 20.0 Å². The number of fused-ring (bicyclic) bond motifs is 7. The summed E-state index contributed by atoms with van der Waals surface area (Å²) in [5, 5.41) is 20.1.